The zero-order valence-electron chi connectivity index (χ0n) is 13.5. The number of nitrogens with zero attached hydrogens (tertiary/aromatic N) is 1. The Bertz CT molecular complexity index is 877. The fraction of sp³-hybridized carbons (Fsp3) is 0.158. The Hall–Kier alpha value is -2.63. The number of fused-ring (bicyclic) bond motifs is 1. The highest BCUT2D eigenvalue weighted by molar-refractivity contribution is 6.07. The van der Waals surface area contributed by atoms with Crippen LogP contribution in [0.5, 0.6) is 0 Å². The zero-order valence-corrected chi connectivity index (χ0v) is 14.3. The molecule has 0 fully saturated rings. The van der Waals surface area contributed by atoms with Gasteiger partial charge in [0, 0.05) is 48.2 Å². The fourth-order valence-corrected chi connectivity index (χ4v) is 3.21. The Labute approximate surface area is 152 Å². The summed E-state index contributed by atoms with van der Waals surface area (Å²) in [7, 11) is 0. The van der Waals surface area contributed by atoms with Gasteiger partial charge in [0.1, 0.15) is 0 Å². The van der Waals surface area contributed by atoms with Crippen LogP contribution in [0.15, 0.2) is 54.9 Å². The molecule has 25 heavy (non-hydrogen) atoms. The van der Waals surface area contributed by atoms with Gasteiger partial charge in [0.05, 0.1) is 16.9 Å². The van der Waals surface area contributed by atoms with Gasteiger partial charge in [-0.3, -0.25) is 9.78 Å². The Kier molecular flexibility index (Phi) is 4.88. The van der Waals surface area contributed by atoms with E-state index in [2.05, 4.69) is 15.3 Å². The van der Waals surface area contributed by atoms with Crippen molar-refractivity contribution in [2.24, 2.45) is 5.73 Å². The number of aromatic amines is 1. The van der Waals surface area contributed by atoms with Gasteiger partial charge in [-0.1, -0.05) is 18.2 Å². The summed E-state index contributed by atoms with van der Waals surface area (Å²) < 4.78 is 0. The summed E-state index contributed by atoms with van der Waals surface area (Å²) in [6, 6.07) is 13.6. The number of H-pyrrole nitrogens is 1. The maximum absolute atomic E-state index is 12.6. The molecule has 3 aromatic rings. The first-order valence-corrected chi connectivity index (χ1v) is 7.98. The highest BCUT2D eigenvalue weighted by Gasteiger charge is 2.30. The predicted octanol–water partition coefficient (Wildman–Crippen LogP) is 3.70. The van der Waals surface area contributed by atoms with Crippen LogP contribution in [-0.2, 0) is 6.42 Å². The molecule has 1 unspecified atom stereocenters. The standard InChI is InChI=1S/C19H18N4O.ClH/c20-13-10-15-17(16(24)11-13)19(22-14-4-2-1-3-5-14)18(23-15)12-6-8-21-9-7-12;/h1-9,13,22-23H,10-11,20H2;1H. The van der Waals surface area contributed by atoms with Crippen molar-refractivity contribution in [3.63, 3.8) is 0 Å². The van der Waals surface area contributed by atoms with Gasteiger partial charge < -0.3 is 16.0 Å². The highest BCUT2D eigenvalue weighted by atomic mass is 35.5. The summed E-state index contributed by atoms with van der Waals surface area (Å²) in [5.74, 6) is 0.0822. The third-order valence-corrected chi connectivity index (χ3v) is 4.28. The SMILES string of the molecule is Cl.NC1CC(=O)c2c([nH]c(-c3ccncc3)c2Nc2ccccc2)C1. The van der Waals surface area contributed by atoms with E-state index in [1.54, 1.807) is 12.4 Å². The molecule has 0 saturated heterocycles. The number of ketones is 1. The average molecular weight is 355 g/mol. The second-order valence-corrected chi connectivity index (χ2v) is 6.05. The minimum atomic E-state index is -0.126. The van der Waals surface area contributed by atoms with Gasteiger partial charge in [0.15, 0.2) is 5.78 Å². The smallest absolute Gasteiger partial charge is 0.168 e. The topological polar surface area (TPSA) is 83.8 Å². The molecule has 1 atom stereocenters. The number of carbonyl (C=O) groups excluding carboxylic acids is 1. The lowest BCUT2D eigenvalue weighted by molar-refractivity contribution is 0.0966. The van der Waals surface area contributed by atoms with Gasteiger partial charge in [-0.15, -0.1) is 12.4 Å². The Morgan fingerprint density at radius 2 is 1.80 bits per heavy atom. The molecule has 0 aliphatic heterocycles. The van der Waals surface area contributed by atoms with Gasteiger partial charge in [-0.2, -0.15) is 0 Å². The van der Waals surface area contributed by atoms with E-state index in [0.717, 1.165) is 33.9 Å². The van der Waals surface area contributed by atoms with Crippen LogP contribution < -0.4 is 11.1 Å². The first-order valence-electron chi connectivity index (χ1n) is 7.98. The summed E-state index contributed by atoms with van der Waals surface area (Å²) in [5, 5.41) is 3.41. The first-order chi connectivity index (χ1) is 11.7. The number of pyridine rings is 1. The number of nitrogens with one attached hydrogen (secondary N) is 2. The van der Waals surface area contributed by atoms with Crippen molar-refractivity contribution in [1.29, 1.82) is 0 Å². The van der Waals surface area contributed by atoms with Crippen LogP contribution in [0.4, 0.5) is 11.4 Å². The molecule has 1 aromatic carbocycles. The number of rotatable bonds is 3. The highest BCUT2D eigenvalue weighted by Crippen LogP contribution is 2.38. The van der Waals surface area contributed by atoms with Crippen LogP contribution >= 0.6 is 12.4 Å². The second-order valence-electron chi connectivity index (χ2n) is 6.05. The van der Waals surface area contributed by atoms with Gasteiger partial charge >= 0.3 is 0 Å². The Balaban J connectivity index is 0.00000182. The molecule has 2 heterocycles. The summed E-state index contributed by atoms with van der Waals surface area (Å²) in [4.78, 5) is 20.1. The quantitative estimate of drug-likeness (QED) is 0.669. The fourth-order valence-electron chi connectivity index (χ4n) is 3.21. The van der Waals surface area contributed by atoms with Crippen LogP contribution in [0.25, 0.3) is 11.3 Å². The second kappa shape index (κ2) is 7.09. The summed E-state index contributed by atoms with van der Waals surface area (Å²) in [5.41, 5.74) is 11.3. The maximum Gasteiger partial charge on any atom is 0.168 e. The number of benzene rings is 1. The maximum atomic E-state index is 12.6. The number of halogens is 1. The van der Waals surface area contributed by atoms with E-state index >= 15 is 0 Å². The molecule has 0 bridgehead atoms. The molecule has 128 valence electrons. The first kappa shape index (κ1) is 17.2. The van der Waals surface area contributed by atoms with Gasteiger partial charge in [-0.25, -0.2) is 0 Å². The molecule has 0 spiro atoms. The number of anilines is 2. The number of hydrogen-bond acceptors (Lipinski definition) is 4. The molecule has 0 amide bonds. The number of Topliss-reactive ketones (excluding diaryl/α,β-unsaturated/α-hetero) is 1. The molecule has 0 saturated carbocycles. The zero-order chi connectivity index (χ0) is 16.5. The molecule has 4 N–H and O–H groups in total. The Morgan fingerprint density at radius 1 is 1.08 bits per heavy atom. The molecule has 2 aromatic heterocycles. The van der Waals surface area contributed by atoms with E-state index in [1.165, 1.54) is 0 Å². The van der Waals surface area contributed by atoms with Crippen molar-refractivity contribution < 1.29 is 4.79 Å². The van der Waals surface area contributed by atoms with E-state index < -0.39 is 0 Å². The minimum absolute atomic E-state index is 0. The predicted molar refractivity (Wildman–Crippen MR) is 102 cm³/mol. The number of hydrogen-bond donors (Lipinski definition) is 3. The third kappa shape index (κ3) is 3.29. The molecule has 0 radical (unpaired) electrons. The van der Waals surface area contributed by atoms with E-state index in [4.69, 9.17) is 5.73 Å². The van der Waals surface area contributed by atoms with Crippen molar-refractivity contribution in [2.45, 2.75) is 18.9 Å². The van der Waals surface area contributed by atoms with Crippen LogP contribution in [-0.4, -0.2) is 21.8 Å². The third-order valence-electron chi connectivity index (χ3n) is 4.28. The van der Waals surface area contributed by atoms with Crippen molar-refractivity contribution in [2.75, 3.05) is 5.32 Å². The number of nitrogens with two attached hydrogens (primary N) is 1. The largest absolute Gasteiger partial charge is 0.356 e. The minimum Gasteiger partial charge on any atom is -0.356 e. The van der Waals surface area contributed by atoms with E-state index in [1.807, 2.05) is 42.5 Å². The molecule has 5 nitrogen and oxygen atoms in total. The normalized spacial score (nSPS) is 16.0. The van der Waals surface area contributed by atoms with Crippen LogP contribution in [0.2, 0.25) is 0 Å². The summed E-state index contributed by atoms with van der Waals surface area (Å²) in [6.07, 6.45) is 4.55. The lowest BCUT2D eigenvalue weighted by Crippen LogP contribution is -2.31. The lowest BCUT2D eigenvalue weighted by Gasteiger charge is -2.18. The summed E-state index contributed by atoms with van der Waals surface area (Å²) >= 11 is 0. The Morgan fingerprint density at radius 3 is 2.52 bits per heavy atom. The molecular formula is C19H19ClN4O. The van der Waals surface area contributed by atoms with E-state index in [0.29, 0.717) is 12.8 Å². The van der Waals surface area contributed by atoms with Crippen molar-refractivity contribution in [3.8, 4) is 11.3 Å². The van der Waals surface area contributed by atoms with Crippen molar-refractivity contribution in [3.05, 3.63) is 66.1 Å². The monoisotopic (exact) mass is 354 g/mol. The van der Waals surface area contributed by atoms with Crippen LogP contribution in [0, 0.1) is 0 Å². The van der Waals surface area contributed by atoms with E-state index in [9.17, 15) is 4.79 Å². The number of carbonyl (C=O) groups is 1. The van der Waals surface area contributed by atoms with Crippen LogP contribution in [0.1, 0.15) is 22.5 Å². The van der Waals surface area contributed by atoms with Gasteiger partial charge in [-0.05, 0) is 24.3 Å². The average Bonchev–Trinajstić information content (AvgIpc) is 2.95. The number of aromatic nitrogens is 2. The van der Waals surface area contributed by atoms with E-state index in [-0.39, 0.29) is 24.2 Å². The van der Waals surface area contributed by atoms with Gasteiger partial charge in [0.2, 0.25) is 0 Å². The number of para-hydroxylation sites is 1. The molecule has 4 rings (SSSR count). The van der Waals surface area contributed by atoms with Crippen LogP contribution in [0.3, 0.4) is 0 Å². The lowest BCUT2D eigenvalue weighted by atomic mass is 9.91. The summed E-state index contributed by atoms with van der Waals surface area (Å²) in [6.45, 7) is 0. The molecule has 1 aliphatic carbocycles. The van der Waals surface area contributed by atoms with Gasteiger partial charge in [0.25, 0.3) is 0 Å². The molecule has 1 aliphatic rings. The van der Waals surface area contributed by atoms with Crippen molar-refractivity contribution in [1.82, 2.24) is 9.97 Å². The molecular weight excluding hydrogens is 336 g/mol. The van der Waals surface area contributed by atoms with Crippen molar-refractivity contribution >= 4 is 29.6 Å². The molecule has 6 heteroatoms.